The number of halogens is 1. The van der Waals surface area contributed by atoms with E-state index in [0.717, 1.165) is 44.4 Å². The van der Waals surface area contributed by atoms with Crippen molar-refractivity contribution in [3.8, 4) is 11.3 Å². The fourth-order valence-electron chi connectivity index (χ4n) is 3.11. The van der Waals surface area contributed by atoms with Crippen LogP contribution in [0.5, 0.6) is 0 Å². The summed E-state index contributed by atoms with van der Waals surface area (Å²) in [4.78, 5) is 34.3. The topological polar surface area (TPSA) is 87.2 Å². The molecular formula is C19H18FN5O2S. The van der Waals surface area contributed by atoms with E-state index in [0.29, 0.717) is 22.6 Å². The number of benzene rings is 1. The minimum atomic E-state index is -0.447. The molecule has 0 saturated carbocycles. The van der Waals surface area contributed by atoms with Crippen molar-refractivity contribution in [2.45, 2.75) is 6.42 Å². The Morgan fingerprint density at radius 1 is 1.18 bits per heavy atom. The van der Waals surface area contributed by atoms with Gasteiger partial charge < -0.3 is 10.2 Å². The molecule has 2 N–H and O–H groups in total. The largest absolute Gasteiger partial charge is 0.354 e. The zero-order valence-corrected chi connectivity index (χ0v) is 15.8. The summed E-state index contributed by atoms with van der Waals surface area (Å²) in [7, 11) is 0. The molecule has 9 heteroatoms. The van der Waals surface area contributed by atoms with Gasteiger partial charge in [0.25, 0.3) is 11.1 Å². The summed E-state index contributed by atoms with van der Waals surface area (Å²) in [6.07, 6.45) is 5.77. The van der Waals surface area contributed by atoms with E-state index in [-0.39, 0.29) is 4.91 Å². The molecule has 2 saturated heterocycles. The lowest BCUT2D eigenvalue weighted by atomic mass is 10.1. The Labute approximate surface area is 165 Å². The van der Waals surface area contributed by atoms with Crippen molar-refractivity contribution in [1.82, 2.24) is 20.6 Å². The maximum Gasteiger partial charge on any atom is 0.290 e. The lowest BCUT2D eigenvalue weighted by Crippen LogP contribution is -2.28. The molecule has 2 fully saturated rings. The fraction of sp³-hybridized carbons (Fsp3) is 0.263. The van der Waals surface area contributed by atoms with Crippen molar-refractivity contribution < 1.29 is 14.0 Å². The average molecular weight is 399 g/mol. The number of anilines is 1. The molecule has 0 unspecified atom stereocenters. The Balaban J connectivity index is 1.65. The SMILES string of the molecule is O=C1NC(=O)C(=Cc2ccc(F)c(-c3cncc(N4CCCNCC4)n3)c2)S1. The summed E-state index contributed by atoms with van der Waals surface area (Å²) in [5, 5.41) is 5.13. The van der Waals surface area contributed by atoms with E-state index in [2.05, 4.69) is 25.5 Å². The first kappa shape index (κ1) is 18.6. The lowest BCUT2D eigenvalue weighted by Gasteiger charge is -2.21. The first-order chi connectivity index (χ1) is 13.6. The van der Waals surface area contributed by atoms with Gasteiger partial charge in [0, 0.05) is 25.2 Å². The molecule has 2 aromatic rings. The Morgan fingerprint density at radius 3 is 2.89 bits per heavy atom. The van der Waals surface area contributed by atoms with E-state index in [1.54, 1.807) is 24.4 Å². The molecule has 2 aliphatic rings. The van der Waals surface area contributed by atoms with Crippen LogP contribution in [0.15, 0.2) is 35.5 Å². The quantitative estimate of drug-likeness (QED) is 0.767. The molecule has 2 aliphatic heterocycles. The molecule has 2 amide bonds. The Hall–Kier alpha value is -2.78. The van der Waals surface area contributed by atoms with E-state index >= 15 is 0 Å². The smallest absolute Gasteiger partial charge is 0.290 e. The van der Waals surface area contributed by atoms with Gasteiger partial charge in [-0.15, -0.1) is 0 Å². The van der Waals surface area contributed by atoms with Crippen molar-refractivity contribution in [2.75, 3.05) is 31.1 Å². The molecule has 0 atom stereocenters. The number of thioether (sulfide) groups is 1. The number of rotatable bonds is 3. The summed E-state index contributed by atoms with van der Waals surface area (Å²) in [5.41, 5.74) is 1.33. The number of carbonyl (C=O) groups excluding carboxylic acids is 2. The van der Waals surface area contributed by atoms with Crippen molar-refractivity contribution >= 4 is 34.8 Å². The first-order valence-corrected chi connectivity index (χ1v) is 9.74. The second-order valence-electron chi connectivity index (χ2n) is 6.44. The maximum absolute atomic E-state index is 14.5. The number of nitrogens with zero attached hydrogens (tertiary/aromatic N) is 3. The van der Waals surface area contributed by atoms with Crippen molar-refractivity contribution in [3.05, 3.63) is 46.9 Å². The Morgan fingerprint density at radius 2 is 2.07 bits per heavy atom. The molecule has 0 bridgehead atoms. The highest BCUT2D eigenvalue weighted by Crippen LogP contribution is 2.28. The third-order valence-corrected chi connectivity index (χ3v) is 5.30. The van der Waals surface area contributed by atoms with Gasteiger partial charge >= 0.3 is 0 Å². The van der Waals surface area contributed by atoms with Crippen LogP contribution in [-0.4, -0.2) is 47.3 Å². The van der Waals surface area contributed by atoms with E-state index < -0.39 is 17.0 Å². The molecule has 0 spiro atoms. The van der Waals surface area contributed by atoms with Crippen molar-refractivity contribution in [3.63, 3.8) is 0 Å². The molecule has 0 aliphatic carbocycles. The van der Waals surface area contributed by atoms with Crippen LogP contribution in [0.4, 0.5) is 15.0 Å². The van der Waals surface area contributed by atoms with Gasteiger partial charge in [-0.2, -0.15) is 0 Å². The zero-order valence-electron chi connectivity index (χ0n) is 14.9. The molecular weight excluding hydrogens is 381 g/mol. The normalized spacial score (nSPS) is 19.0. The summed E-state index contributed by atoms with van der Waals surface area (Å²) in [6, 6.07) is 4.49. The highest BCUT2D eigenvalue weighted by molar-refractivity contribution is 8.18. The molecule has 0 radical (unpaired) electrons. The Kier molecular flexibility index (Phi) is 5.36. The molecule has 144 valence electrons. The minimum Gasteiger partial charge on any atom is -0.354 e. The van der Waals surface area contributed by atoms with Crippen LogP contribution < -0.4 is 15.5 Å². The summed E-state index contributed by atoms with van der Waals surface area (Å²) in [5.74, 6) is -0.163. The summed E-state index contributed by atoms with van der Waals surface area (Å²) >= 11 is 0.825. The van der Waals surface area contributed by atoms with Gasteiger partial charge in [0.15, 0.2) is 0 Å². The van der Waals surface area contributed by atoms with Crippen LogP contribution in [-0.2, 0) is 4.79 Å². The van der Waals surface area contributed by atoms with Crippen LogP contribution >= 0.6 is 11.8 Å². The highest BCUT2D eigenvalue weighted by atomic mass is 32.2. The number of amides is 2. The first-order valence-electron chi connectivity index (χ1n) is 8.92. The van der Waals surface area contributed by atoms with Crippen LogP contribution in [0, 0.1) is 5.82 Å². The number of carbonyl (C=O) groups is 2. The number of hydrogen-bond donors (Lipinski definition) is 2. The average Bonchev–Trinajstić information content (AvgIpc) is 2.89. The molecule has 4 rings (SSSR count). The van der Waals surface area contributed by atoms with Gasteiger partial charge in [-0.3, -0.25) is 19.9 Å². The van der Waals surface area contributed by atoms with E-state index in [1.165, 1.54) is 12.3 Å². The maximum atomic E-state index is 14.5. The van der Waals surface area contributed by atoms with Crippen molar-refractivity contribution in [2.24, 2.45) is 0 Å². The predicted octanol–water partition coefficient (Wildman–Crippen LogP) is 2.41. The van der Waals surface area contributed by atoms with Crippen LogP contribution in [0.25, 0.3) is 17.3 Å². The molecule has 1 aromatic carbocycles. The summed E-state index contributed by atoms with van der Waals surface area (Å²) < 4.78 is 14.5. The van der Waals surface area contributed by atoms with Gasteiger partial charge in [-0.1, -0.05) is 6.07 Å². The van der Waals surface area contributed by atoms with Gasteiger partial charge in [0.1, 0.15) is 11.6 Å². The number of nitrogens with one attached hydrogen (secondary N) is 2. The minimum absolute atomic E-state index is 0.277. The Bertz CT molecular complexity index is 957. The standard InChI is InChI=1S/C19H18FN5O2S/c20-14-3-2-12(9-16-18(26)24-19(27)28-16)8-13(14)15-10-22-11-17(23-15)25-6-1-4-21-5-7-25/h2-3,8-11,21H,1,4-7H2,(H,24,26,27). The molecule has 28 heavy (non-hydrogen) atoms. The third-order valence-electron chi connectivity index (χ3n) is 4.49. The second-order valence-corrected chi connectivity index (χ2v) is 7.46. The van der Waals surface area contributed by atoms with Gasteiger partial charge in [-0.25, -0.2) is 9.37 Å². The van der Waals surface area contributed by atoms with Gasteiger partial charge in [-0.05, 0) is 48.5 Å². The van der Waals surface area contributed by atoms with E-state index in [1.807, 2.05) is 0 Å². The van der Waals surface area contributed by atoms with E-state index in [9.17, 15) is 14.0 Å². The number of imide groups is 1. The molecule has 1 aromatic heterocycles. The molecule has 7 nitrogen and oxygen atoms in total. The summed E-state index contributed by atoms with van der Waals surface area (Å²) in [6.45, 7) is 3.50. The lowest BCUT2D eigenvalue weighted by molar-refractivity contribution is -0.115. The fourth-order valence-corrected chi connectivity index (χ4v) is 3.80. The van der Waals surface area contributed by atoms with Crippen molar-refractivity contribution in [1.29, 1.82) is 0 Å². The van der Waals surface area contributed by atoms with Crippen LogP contribution in [0.2, 0.25) is 0 Å². The predicted molar refractivity (Wildman–Crippen MR) is 106 cm³/mol. The van der Waals surface area contributed by atoms with Gasteiger partial charge in [0.2, 0.25) is 0 Å². The molecule has 3 heterocycles. The monoisotopic (exact) mass is 399 g/mol. The van der Waals surface area contributed by atoms with Crippen LogP contribution in [0.3, 0.4) is 0 Å². The number of hydrogen-bond acceptors (Lipinski definition) is 7. The highest BCUT2D eigenvalue weighted by Gasteiger charge is 2.25. The zero-order chi connectivity index (χ0) is 19.5. The van der Waals surface area contributed by atoms with Crippen LogP contribution in [0.1, 0.15) is 12.0 Å². The second kappa shape index (κ2) is 8.07. The number of aromatic nitrogens is 2. The van der Waals surface area contributed by atoms with Gasteiger partial charge in [0.05, 0.1) is 23.0 Å². The van der Waals surface area contributed by atoms with E-state index in [4.69, 9.17) is 0 Å². The third kappa shape index (κ3) is 4.05.